The predicted molar refractivity (Wildman–Crippen MR) is 170 cm³/mol. The molecule has 0 fully saturated rings. The first-order valence-corrected chi connectivity index (χ1v) is 15.2. The number of hydrogen-bond donors (Lipinski definition) is 1. The Morgan fingerprint density at radius 1 is 0.795 bits per heavy atom. The number of carbonyl (C=O) groups is 1. The lowest BCUT2D eigenvalue weighted by atomic mass is 9.96. The van der Waals surface area contributed by atoms with E-state index in [4.69, 9.17) is 16.3 Å². The van der Waals surface area contributed by atoms with E-state index >= 15 is 0 Å². The Hall–Kier alpha value is -3.81. The van der Waals surface area contributed by atoms with Gasteiger partial charge in [0.1, 0.15) is 5.75 Å². The molecule has 1 N–H and O–H groups in total. The van der Waals surface area contributed by atoms with Gasteiger partial charge in [0.25, 0.3) is 0 Å². The highest BCUT2D eigenvalue weighted by atomic mass is 35.5. The van der Waals surface area contributed by atoms with E-state index in [1.807, 2.05) is 66.7 Å². The van der Waals surface area contributed by atoms with E-state index in [-0.39, 0.29) is 10.9 Å². The van der Waals surface area contributed by atoms with Gasteiger partial charge in [-0.3, -0.25) is 4.79 Å². The monoisotopic (exact) mass is 622 g/mol. The molecule has 4 aromatic rings. The SMILES string of the molecule is CNC(=O)Cc1cccc(OCCCN(CCc2ccccc2)CCc2ccccc2Cc2cccc(C(F)(F)F)c2Cl)c1. The van der Waals surface area contributed by atoms with Crippen molar-refractivity contribution in [2.75, 3.05) is 33.3 Å². The fourth-order valence-electron chi connectivity index (χ4n) is 5.16. The molecule has 0 aliphatic carbocycles. The molecule has 4 nitrogen and oxygen atoms in total. The normalized spacial score (nSPS) is 11.5. The predicted octanol–water partition coefficient (Wildman–Crippen LogP) is 7.79. The third-order valence-corrected chi connectivity index (χ3v) is 8.02. The summed E-state index contributed by atoms with van der Waals surface area (Å²) in [6.45, 7) is 3.03. The molecule has 232 valence electrons. The average Bonchev–Trinajstić information content (AvgIpc) is 3.02. The minimum absolute atomic E-state index is 0.0456. The third-order valence-electron chi connectivity index (χ3n) is 7.57. The fraction of sp³-hybridized carbons (Fsp3) is 0.306. The van der Waals surface area contributed by atoms with Crippen LogP contribution in [0.4, 0.5) is 13.2 Å². The number of alkyl halides is 3. The molecule has 8 heteroatoms. The van der Waals surface area contributed by atoms with Crippen molar-refractivity contribution in [2.45, 2.75) is 38.3 Å². The first kappa shape index (κ1) is 33.1. The molecule has 0 aromatic heterocycles. The number of nitrogens with one attached hydrogen (secondary N) is 1. The lowest BCUT2D eigenvalue weighted by molar-refractivity contribution is -0.137. The van der Waals surface area contributed by atoms with E-state index in [0.717, 1.165) is 67.4 Å². The van der Waals surface area contributed by atoms with Gasteiger partial charge in [0.05, 0.1) is 23.6 Å². The average molecular weight is 623 g/mol. The van der Waals surface area contributed by atoms with Gasteiger partial charge in [-0.2, -0.15) is 13.2 Å². The number of ether oxygens (including phenoxy) is 1. The first-order chi connectivity index (χ1) is 21.2. The first-order valence-electron chi connectivity index (χ1n) is 14.8. The largest absolute Gasteiger partial charge is 0.494 e. The topological polar surface area (TPSA) is 41.6 Å². The molecular weight excluding hydrogens is 585 g/mol. The molecule has 0 heterocycles. The number of likely N-dealkylation sites (N-methyl/N-ethyl adjacent to an activating group) is 1. The number of halogens is 4. The number of nitrogens with zero attached hydrogens (tertiary/aromatic N) is 1. The van der Waals surface area contributed by atoms with Crippen LogP contribution in [-0.4, -0.2) is 44.1 Å². The van der Waals surface area contributed by atoms with Crippen molar-refractivity contribution in [1.29, 1.82) is 0 Å². The van der Waals surface area contributed by atoms with Crippen LogP contribution in [0.25, 0.3) is 0 Å². The molecule has 0 atom stereocenters. The van der Waals surface area contributed by atoms with Crippen LogP contribution in [0, 0.1) is 0 Å². The number of benzene rings is 4. The van der Waals surface area contributed by atoms with Gasteiger partial charge < -0.3 is 15.0 Å². The van der Waals surface area contributed by atoms with Gasteiger partial charge in [0.2, 0.25) is 5.91 Å². The number of hydrogen-bond acceptors (Lipinski definition) is 3. The van der Waals surface area contributed by atoms with Gasteiger partial charge >= 0.3 is 6.18 Å². The standard InChI is InChI=1S/C36H38ClF3N2O2/c1-41-34(43)25-28-12-7-16-32(24-28)44-23-9-20-42(21-18-27-10-3-2-4-11-27)22-19-29-13-5-6-14-30(29)26-31-15-8-17-33(35(31)37)36(38,39)40/h2-8,10-17,24H,9,18-23,25-26H2,1H3,(H,41,43). The van der Waals surface area contributed by atoms with Crippen LogP contribution in [0.5, 0.6) is 5.75 Å². The third kappa shape index (κ3) is 10.1. The molecule has 44 heavy (non-hydrogen) atoms. The summed E-state index contributed by atoms with van der Waals surface area (Å²) in [5.74, 6) is 0.695. The summed E-state index contributed by atoms with van der Waals surface area (Å²) in [7, 11) is 1.62. The minimum atomic E-state index is -4.50. The molecule has 0 aliphatic heterocycles. The van der Waals surface area contributed by atoms with Crippen LogP contribution in [-0.2, 0) is 36.7 Å². The van der Waals surface area contributed by atoms with Crippen molar-refractivity contribution < 1.29 is 22.7 Å². The van der Waals surface area contributed by atoms with Crippen molar-refractivity contribution in [3.63, 3.8) is 0 Å². The highest BCUT2D eigenvalue weighted by Gasteiger charge is 2.33. The van der Waals surface area contributed by atoms with Crippen molar-refractivity contribution in [3.8, 4) is 5.75 Å². The summed E-state index contributed by atoms with van der Waals surface area (Å²) in [6.07, 6.45) is -1.38. The Kier molecular flexibility index (Phi) is 12.3. The second-order valence-corrected chi connectivity index (χ2v) is 11.1. The van der Waals surface area contributed by atoms with E-state index < -0.39 is 11.7 Å². The molecule has 0 aliphatic rings. The molecule has 0 spiro atoms. The Morgan fingerprint density at radius 2 is 1.45 bits per heavy atom. The van der Waals surface area contributed by atoms with Gasteiger partial charge in [-0.15, -0.1) is 0 Å². The smallest absolute Gasteiger partial charge is 0.417 e. The van der Waals surface area contributed by atoms with Crippen LogP contribution in [0.1, 0.15) is 39.8 Å². The lowest BCUT2D eigenvalue weighted by Crippen LogP contribution is -2.30. The molecular formula is C36H38ClF3N2O2. The zero-order chi connectivity index (χ0) is 31.4. The molecule has 0 unspecified atom stereocenters. The molecule has 4 aromatic carbocycles. The summed E-state index contributed by atoms with van der Waals surface area (Å²) in [6, 6.07) is 29.9. The quantitative estimate of drug-likeness (QED) is 0.138. The van der Waals surface area contributed by atoms with E-state index in [9.17, 15) is 18.0 Å². The molecule has 0 bridgehead atoms. The molecule has 4 rings (SSSR count). The van der Waals surface area contributed by atoms with Crippen LogP contribution < -0.4 is 10.1 Å². The van der Waals surface area contributed by atoms with Crippen molar-refractivity contribution in [1.82, 2.24) is 10.2 Å². The number of amides is 1. The van der Waals surface area contributed by atoms with Crippen molar-refractivity contribution >= 4 is 17.5 Å². The molecule has 0 saturated carbocycles. The lowest BCUT2D eigenvalue weighted by Gasteiger charge is -2.23. The number of carbonyl (C=O) groups excluding carboxylic acids is 1. The zero-order valence-electron chi connectivity index (χ0n) is 24.9. The maximum Gasteiger partial charge on any atom is 0.417 e. The van der Waals surface area contributed by atoms with Crippen LogP contribution >= 0.6 is 11.6 Å². The highest BCUT2D eigenvalue weighted by molar-refractivity contribution is 6.32. The van der Waals surface area contributed by atoms with Crippen molar-refractivity contribution in [3.05, 3.63) is 135 Å². The Bertz CT molecular complexity index is 1490. The maximum absolute atomic E-state index is 13.4. The second kappa shape index (κ2) is 16.3. The van der Waals surface area contributed by atoms with E-state index in [0.29, 0.717) is 25.0 Å². The fourth-order valence-corrected chi connectivity index (χ4v) is 5.46. The Balaban J connectivity index is 1.39. The summed E-state index contributed by atoms with van der Waals surface area (Å²) >= 11 is 6.22. The molecule has 1 amide bonds. The van der Waals surface area contributed by atoms with Crippen LogP contribution in [0.2, 0.25) is 5.02 Å². The molecule has 0 saturated heterocycles. The van der Waals surface area contributed by atoms with E-state index in [1.165, 1.54) is 11.6 Å². The summed E-state index contributed by atoms with van der Waals surface area (Å²) in [5, 5.41) is 2.40. The summed E-state index contributed by atoms with van der Waals surface area (Å²) < 4.78 is 46.3. The zero-order valence-corrected chi connectivity index (χ0v) is 25.6. The minimum Gasteiger partial charge on any atom is -0.494 e. The van der Waals surface area contributed by atoms with Crippen LogP contribution in [0.3, 0.4) is 0 Å². The highest BCUT2D eigenvalue weighted by Crippen LogP contribution is 2.37. The number of rotatable bonds is 15. The van der Waals surface area contributed by atoms with Crippen molar-refractivity contribution in [2.24, 2.45) is 0 Å². The summed E-state index contributed by atoms with van der Waals surface area (Å²) in [4.78, 5) is 14.1. The van der Waals surface area contributed by atoms with Gasteiger partial charge in [-0.25, -0.2) is 0 Å². The summed E-state index contributed by atoms with van der Waals surface area (Å²) in [5.41, 5.74) is 3.89. The van der Waals surface area contributed by atoms with Gasteiger partial charge in [-0.05, 0) is 71.7 Å². The van der Waals surface area contributed by atoms with Gasteiger partial charge in [-0.1, -0.05) is 90.5 Å². The second-order valence-electron chi connectivity index (χ2n) is 10.7. The van der Waals surface area contributed by atoms with Gasteiger partial charge in [0.15, 0.2) is 0 Å². The van der Waals surface area contributed by atoms with Gasteiger partial charge in [0, 0.05) is 26.7 Å². The van der Waals surface area contributed by atoms with Crippen LogP contribution in [0.15, 0.2) is 97.1 Å². The Labute approximate surface area is 262 Å². The molecule has 0 radical (unpaired) electrons. The van der Waals surface area contributed by atoms with E-state index in [1.54, 1.807) is 13.1 Å². The van der Waals surface area contributed by atoms with E-state index in [2.05, 4.69) is 22.3 Å². The Morgan fingerprint density at radius 3 is 2.20 bits per heavy atom. The maximum atomic E-state index is 13.4.